The molecule has 2 aromatic rings. The Kier molecular flexibility index (Phi) is 6.31. The van der Waals surface area contributed by atoms with Gasteiger partial charge in [0.05, 0.1) is 18.6 Å². The first-order chi connectivity index (χ1) is 13.9. The summed E-state index contributed by atoms with van der Waals surface area (Å²) in [6.07, 6.45) is 4.89. The fourth-order valence-electron chi connectivity index (χ4n) is 3.74. The maximum atomic E-state index is 13.0. The van der Waals surface area contributed by atoms with Gasteiger partial charge in [0.2, 0.25) is 5.91 Å². The number of amides is 2. The molecule has 0 saturated carbocycles. The minimum Gasteiger partial charge on any atom is -0.465 e. The van der Waals surface area contributed by atoms with Crippen LogP contribution in [0.25, 0.3) is 0 Å². The molecule has 3 heterocycles. The highest BCUT2D eigenvalue weighted by molar-refractivity contribution is 6.00. The Morgan fingerprint density at radius 1 is 1.34 bits per heavy atom. The highest BCUT2D eigenvalue weighted by Crippen LogP contribution is 2.23. The molecule has 1 fully saturated rings. The zero-order valence-electron chi connectivity index (χ0n) is 16.9. The van der Waals surface area contributed by atoms with Crippen molar-refractivity contribution in [2.75, 3.05) is 20.2 Å². The molecule has 0 spiro atoms. The summed E-state index contributed by atoms with van der Waals surface area (Å²) < 4.78 is 4.81. The van der Waals surface area contributed by atoms with Crippen LogP contribution in [0, 0.1) is 19.8 Å². The number of hydrogen-bond acceptors (Lipinski definition) is 5. The number of nitrogens with one attached hydrogen (secondary N) is 2. The molecule has 0 bridgehead atoms. The van der Waals surface area contributed by atoms with Crippen molar-refractivity contribution in [1.82, 2.24) is 20.2 Å². The fraction of sp³-hybridized carbons (Fsp3) is 0.429. The lowest BCUT2D eigenvalue weighted by atomic mass is 9.96. The molecule has 8 heteroatoms. The molecule has 154 valence electrons. The van der Waals surface area contributed by atoms with E-state index in [0.29, 0.717) is 42.1 Å². The molecule has 2 aromatic heterocycles. The number of esters is 1. The zero-order valence-corrected chi connectivity index (χ0v) is 16.9. The van der Waals surface area contributed by atoms with Crippen molar-refractivity contribution in [2.24, 2.45) is 5.92 Å². The van der Waals surface area contributed by atoms with E-state index in [9.17, 15) is 14.4 Å². The van der Waals surface area contributed by atoms with Crippen LogP contribution in [0.2, 0.25) is 0 Å². The number of methoxy groups -OCH3 is 1. The third-order valence-corrected chi connectivity index (χ3v) is 5.31. The quantitative estimate of drug-likeness (QED) is 0.750. The van der Waals surface area contributed by atoms with E-state index in [-0.39, 0.29) is 17.7 Å². The van der Waals surface area contributed by atoms with Crippen LogP contribution < -0.4 is 5.32 Å². The molecule has 2 amide bonds. The van der Waals surface area contributed by atoms with Crippen molar-refractivity contribution >= 4 is 17.8 Å². The van der Waals surface area contributed by atoms with Crippen LogP contribution in [-0.4, -0.2) is 52.9 Å². The van der Waals surface area contributed by atoms with Crippen LogP contribution in [0.1, 0.15) is 50.5 Å². The number of carbonyl (C=O) groups excluding carboxylic acids is 3. The highest BCUT2D eigenvalue weighted by atomic mass is 16.5. The van der Waals surface area contributed by atoms with E-state index in [4.69, 9.17) is 4.74 Å². The average Bonchev–Trinajstić information content (AvgIpc) is 3.05. The van der Waals surface area contributed by atoms with E-state index in [2.05, 4.69) is 15.3 Å². The molecule has 1 aliphatic heterocycles. The minimum absolute atomic E-state index is 0.0685. The number of H-pyrrole nitrogens is 1. The van der Waals surface area contributed by atoms with Crippen LogP contribution >= 0.6 is 0 Å². The average molecular weight is 398 g/mol. The van der Waals surface area contributed by atoms with Gasteiger partial charge in [0.15, 0.2) is 0 Å². The second-order valence-electron chi connectivity index (χ2n) is 7.29. The van der Waals surface area contributed by atoms with E-state index in [0.717, 1.165) is 18.4 Å². The Bertz CT molecular complexity index is 907. The zero-order chi connectivity index (χ0) is 21.0. The molecule has 1 unspecified atom stereocenters. The van der Waals surface area contributed by atoms with Gasteiger partial charge in [-0.25, -0.2) is 4.79 Å². The van der Waals surface area contributed by atoms with Gasteiger partial charge >= 0.3 is 5.97 Å². The number of rotatable bonds is 5. The highest BCUT2D eigenvalue weighted by Gasteiger charge is 2.31. The van der Waals surface area contributed by atoms with Gasteiger partial charge in [-0.15, -0.1) is 0 Å². The lowest BCUT2D eigenvalue weighted by Gasteiger charge is -2.32. The monoisotopic (exact) mass is 398 g/mol. The number of carbonyl (C=O) groups is 3. The minimum atomic E-state index is -0.471. The van der Waals surface area contributed by atoms with Gasteiger partial charge in [-0.05, 0) is 43.9 Å². The summed E-state index contributed by atoms with van der Waals surface area (Å²) in [4.78, 5) is 46.3. The largest absolute Gasteiger partial charge is 0.465 e. The van der Waals surface area contributed by atoms with Crippen LogP contribution in [-0.2, 0) is 16.1 Å². The molecule has 0 radical (unpaired) electrons. The van der Waals surface area contributed by atoms with Crippen molar-refractivity contribution in [1.29, 1.82) is 0 Å². The van der Waals surface area contributed by atoms with Crippen molar-refractivity contribution in [3.05, 3.63) is 52.6 Å². The van der Waals surface area contributed by atoms with E-state index >= 15 is 0 Å². The Labute approximate surface area is 169 Å². The SMILES string of the molecule is COC(=O)c1c(C)[nH]c(C(=O)N2CCCC(C(=O)NCc3cccnc3)C2)c1C. The number of nitrogens with zero attached hydrogens (tertiary/aromatic N) is 2. The van der Waals surface area contributed by atoms with Crippen LogP contribution in [0.5, 0.6) is 0 Å². The van der Waals surface area contributed by atoms with E-state index in [1.54, 1.807) is 31.1 Å². The first-order valence-electron chi connectivity index (χ1n) is 9.65. The molecule has 29 heavy (non-hydrogen) atoms. The lowest BCUT2D eigenvalue weighted by Crippen LogP contribution is -2.45. The van der Waals surface area contributed by atoms with Gasteiger partial charge in [0, 0.05) is 37.7 Å². The van der Waals surface area contributed by atoms with E-state index in [1.165, 1.54) is 7.11 Å². The Balaban J connectivity index is 1.66. The number of pyridine rings is 1. The predicted octanol–water partition coefficient (Wildman–Crippen LogP) is 1.98. The number of hydrogen-bond donors (Lipinski definition) is 2. The van der Waals surface area contributed by atoms with Gasteiger partial charge in [0.1, 0.15) is 5.69 Å². The molecule has 1 aliphatic rings. The number of likely N-dealkylation sites (tertiary alicyclic amines) is 1. The topological polar surface area (TPSA) is 104 Å². The summed E-state index contributed by atoms with van der Waals surface area (Å²) in [6.45, 7) is 4.81. The molecule has 0 aromatic carbocycles. The third-order valence-electron chi connectivity index (χ3n) is 5.31. The summed E-state index contributed by atoms with van der Waals surface area (Å²) in [5.41, 5.74) is 2.86. The Hall–Kier alpha value is -3.16. The number of aromatic amines is 1. The summed E-state index contributed by atoms with van der Waals surface area (Å²) in [6, 6.07) is 3.73. The molecular formula is C21H26N4O4. The molecular weight excluding hydrogens is 372 g/mol. The van der Waals surface area contributed by atoms with Crippen molar-refractivity contribution in [3.8, 4) is 0 Å². The fourth-order valence-corrected chi connectivity index (χ4v) is 3.74. The maximum absolute atomic E-state index is 13.0. The van der Waals surface area contributed by atoms with E-state index in [1.807, 2.05) is 12.1 Å². The summed E-state index contributed by atoms with van der Waals surface area (Å²) in [7, 11) is 1.31. The second-order valence-corrected chi connectivity index (χ2v) is 7.29. The number of aryl methyl sites for hydroxylation is 1. The van der Waals surface area contributed by atoms with Gasteiger partial charge in [-0.3, -0.25) is 14.6 Å². The number of aromatic nitrogens is 2. The normalized spacial score (nSPS) is 16.4. The van der Waals surface area contributed by atoms with Crippen molar-refractivity contribution in [3.63, 3.8) is 0 Å². The number of piperidine rings is 1. The predicted molar refractivity (Wildman–Crippen MR) is 106 cm³/mol. The van der Waals surface area contributed by atoms with Gasteiger partial charge in [0.25, 0.3) is 5.91 Å². The van der Waals surface area contributed by atoms with Gasteiger partial charge < -0.3 is 19.9 Å². The molecule has 8 nitrogen and oxygen atoms in total. The maximum Gasteiger partial charge on any atom is 0.339 e. The summed E-state index contributed by atoms with van der Waals surface area (Å²) >= 11 is 0. The summed E-state index contributed by atoms with van der Waals surface area (Å²) in [5.74, 6) is -1.01. The Morgan fingerprint density at radius 2 is 2.14 bits per heavy atom. The lowest BCUT2D eigenvalue weighted by molar-refractivity contribution is -0.126. The molecule has 2 N–H and O–H groups in total. The van der Waals surface area contributed by atoms with Crippen LogP contribution in [0.4, 0.5) is 0 Å². The first kappa shape index (κ1) is 20.6. The molecule has 3 rings (SSSR count). The number of ether oxygens (including phenoxy) is 1. The standard InChI is InChI=1S/C21H26N4O4/c1-13-17(21(28)29-3)14(2)24-18(13)20(27)25-9-5-7-16(12-25)19(26)23-11-15-6-4-8-22-10-15/h4,6,8,10,16,24H,5,7,9,11-12H2,1-3H3,(H,23,26). The third kappa shape index (κ3) is 4.47. The molecule has 0 aliphatic carbocycles. The second kappa shape index (κ2) is 8.89. The van der Waals surface area contributed by atoms with Gasteiger partial charge in [-0.2, -0.15) is 0 Å². The Morgan fingerprint density at radius 3 is 2.83 bits per heavy atom. The molecule has 1 saturated heterocycles. The molecule has 1 atom stereocenters. The van der Waals surface area contributed by atoms with E-state index < -0.39 is 5.97 Å². The van der Waals surface area contributed by atoms with Crippen molar-refractivity contribution in [2.45, 2.75) is 33.2 Å². The van der Waals surface area contributed by atoms with Crippen LogP contribution in [0.3, 0.4) is 0 Å². The van der Waals surface area contributed by atoms with Gasteiger partial charge in [-0.1, -0.05) is 6.07 Å². The smallest absolute Gasteiger partial charge is 0.339 e. The first-order valence-corrected chi connectivity index (χ1v) is 9.65. The summed E-state index contributed by atoms with van der Waals surface area (Å²) in [5, 5.41) is 2.93. The van der Waals surface area contributed by atoms with Crippen LogP contribution in [0.15, 0.2) is 24.5 Å². The van der Waals surface area contributed by atoms with Crippen molar-refractivity contribution < 1.29 is 19.1 Å².